The second-order valence-corrected chi connectivity index (χ2v) is 14.9. The molecule has 1 aromatic carbocycles. The molecule has 12 heteroatoms. The average molecular weight is 531 g/mol. The van der Waals surface area contributed by atoms with Gasteiger partial charge in [-0.15, -0.1) is 0 Å². The molecular weight excluding hydrogens is 502 g/mol. The standard InChI is InChI=1S/C25H28F2N4O5Si/c1-35-13-14-5-6-17-20(28-14)7-8-31(22(33)12-16-11-21(32)30-36-16)23(17)25(34)29-15-9-18(26)24(19(27)10-15)37(2,3)4/h5-6,9-11,23H,7-8,12-13H2,1-4H3,(H,29,34)(H,30,32). The zero-order chi connectivity index (χ0) is 26.9. The van der Waals surface area contributed by atoms with E-state index in [4.69, 9.17) is 9.26 Å². The Kier molecular flexibility index (Phi) is 7.41. The lowest BCUT2D eigenvalue weighted by Crippen LogP contribution is -2.46. The fraction of sp³-hybridized carbons (Fsp3) is 0.360. The summed E-state index contributed by atoms with van der Waals surface area (Å²) < 4.78 is 39.8. The van der Waals surface area contributed by atoms with Gasteiger partial charge in [-0.05, 0) is 18.2 Å². The fourth-order valence-electron chi connectivity index (χ4n) is 4.54. The lowest BCUT2D eigenvalue weighted by Gasteiger charge is -2.36. The highest BCUT2D eigenvalue weighted by atomic mass is 28.3. The van der Waals surface area contributed by atoms with Crippen molar-refractivity contribution in [1.82, 2.24) is 15.0 Å². The molecule has 0 aliphatic carbocycles. The first-order valence-electron chi connectivity index (χ1n) is 11.7. The van der Waals surface area contributed by atoms with Gasteiger partial charge in [0.05, 0.1) is 26.8 Å². The van der Waals surface area contributed by atoms with Gasteiger partial charge in [-0.1, -0.05) is 25.7 Å². The predicted molar refractivity (Wildman–Crippen MR) is 134 cm³/mol. The molecule has 1 aliphatic rings. The Balaban J connectivity index is 1.68. The quantitative estimate of drug-likeness (QED) is 0.454. The van der Waals surface area contributed by atoms with Crippen molar-refractivity contribution in [2.45, 2.75) is 45.1 Å². The van der Waals surface area contributed by atoms with Crippen LogP contribution in [-0.4, -0.2) is 48.6 Å². The average Bonchev–Trinajstić information content (AvgIpc) is 3.21. The third kappa shape index (κ3) is 5.70. The van der Waals surface area contributed by atoms with Gasteiger partial charge in [-0.3, -0.25) is 19.4 Å². The molecule has 2 N–H and O–H groups in total. The Hall–Kier alpha value is -3.64. The number of ether oxygens (including phenoxy) is 1. The van der Waals surface area contributed by atoms with E-state index in [1.165, 1.54) is 4.90 Å². The number of carbonyl (C=O) groups is 2. The third-order valence-electron chi connectivity index (χ3n) is 6.08. The molecule has 3 aromatic rings. The molecule has 0 spiro atoms. The van der Waals surface area contributed by atoms with Crippen molar-refractivity contribution in [2.24, 2.45) is 0 Å². The molecule has 196 valence electrons. The number of carbonyl (C=O) groups excluding carboxylic acids is 2. The molecule has 0 saturated carbocycles. The normalized spacial score (nSPS) is 15.4. The van der Waals surface area contributed by atoms with Gasteiger partial charge >= 0.3 is 0 Å². The molecule has 1 atom stereocenters. The fourth-order valence-corrected chi connectivity index (χ4v) is 6.12. The van der Waals surface area contributed by atoms with E-state index in [0.717, 1.165) is 18.2 Å². The molecule has 0 fully saturated rings. The Bertz CT molecular complexity index is 1380. The van der Waals surface area contributed by atoms with E-state index in [-0.39, 0.29) is 36.2 Å². The molecular formula is C25H28F2N4O5Si. The van der Waals surface area contributed by atoms with Gasteiger partial charge in [0.25, 0.3) is 11.5 Å². The SMILES string of the molecule is COCc1ccc2c(n1)CCN(C(=O)Cc1cc(=O)[nH]o1)C2C(=O)Nc1cc(F)c([Si](C)(C)C)c(F)c1. The van der Waals surface area contributed by atoms with Crippen molar-refractivity contribution in [3.63, 3.8) is 0 Å². The largest absolute Gasteiger partial charge is 0.383 e. The highest BCUT2D eigenvalue weighted by Gasteiger charge is 2.37. The maximum absolute atomic E-state index is 14.8. The molecule has 0 saturated heterocycles. The number of methoxy groups -OCH3 is 1. The molecule has 37 heavy (non-hydrogen) atoms. The van der Waals surface area contributed by atoms with Gasteiger partial charge in [0.15, 0.2) is 0 Å². The summed E-state index contributed by atoms with van der Waals surface area (Å²) in [5.74, 6) is -2.43. The van der Waals surface area contributed by atoms with E-state index in [2.05, 4.69) is 15.5 Å². The first-order chi connectivity index (χ1) is 17.5. The minimum atomic E-state index is -2.31. The summed E-state index contributed by atoms with van der Waals surface area (Å²) in [5, 5.41) is 4.76. The van der Waals surface area contributed by atoms with Crippen LogP contribution >= 0.6 is 0 Å². The first-order valence-corrected chi connectivity index (χ1v) is 15.2. The zero-order valence-electron chi connectivity index (χ0n) is 21.0. The zero-order valence-corrected chi connectivity index (χ0v) is 22.0. The highest BCUT2D eigenvalue weighted by Crippen LogP contribution is 2.31. The van der Waals surface area contributed by atoms with Crippen molar-refractivity contribution >= 4 is 30.8 Å². The van der Waals surface area contributed by atoms with Gasteiger partial charge in [-0.25, -0.2) is 8.78 Å². The smallest absolute Gasteiger partial charge is 0.280 e. The molecule has 9 nitrogen and oxygen atoms in total. The molecule has 2 aromatic heterocycles. The number of H-pyrrole nitrogens is 1. The van der Waals surface area contributed by atoms with E-state index in [1.54, 1.807) is 19.2 Å². The van der Waals surface area contributed by atoms with Crippen LogP contribution in [0.2, 0.25) is 19.6 Å². The van der Waals surface area contributed by atoms with Gasteiger partial charge in [0, 0.05) is 48.3 Å². The number of aromatic amines is 1. The Morgan fingerprint density at radius 2 is 1.92 bits per heavy atom. The van der Waals surface area contributed by atoms with Crippen LogP contribution in [0.15, 0.2) is 39.6 Å². The number of nitrogens with one attached hydrogen (secondary N) is 2. The second kappa shape index (κ2) is 10.4. The number of rotatable bonds is 7. The highest BCUT2D eigenvalue weighted by molar-refractivity contribution is 6.88. The summed E-state index contributed by atoms with van der Waals surface area (Å²) in [6, 6.07) is 5.64. The maximum Gasteiger partial charge on any atom is 0.280 e. The molecule has 1 aliphatic heterocycles. The van der Waals surface area contributed by atoms with E-state index in [9.17, 15) is 23.2 Å². The topological polar surface area (TPSA) is 118 Å². The third-order valence-corrected chi connectivity index (χ3v) is 8.06. The number of fused-ring (bicyclic) bond motifs is 1. The first kappa shape index (κ1) is 26.4. The van der Waals surface area contributed by atoms with Gasteiger partial charge in [0.2, 0.25) is 5.91 Å². The summed E-state index contributed by atoms with van der Waals surface area (Å²) in [5.41, 5.74) is 1.25. The number of hydrogen-bond donors (Lipinski definition) is 2. The number of anilines is 1. The predicted octanol–water partition coefficient (Wildman–Crippen LogP) is 2.64. The lowest BCUT2D eigenvalue weighted by molar-refractivity contribution is -0.139. The van der Waals surface area contributed by atoms with Crippen LogP contribution < -0.4 is 16.1 Å². The number of hydrogen-bond acceptors (Lipinski definition) is 6. The number of halogens is 2. The summed E-state index contributed by atoms with van der Waals surface area (Å²) in [6.45, 7) is 5.92. The molecule has 4 rings (SSSR count). The van der Waals surface area contributed by atoms with Gasteiger partial charge in [-0.2, -0.15) is 5.16 Å². The van der Waals surface area contributed by atoms with Crippen molar-refractivity contribution in [1.29, 1.82) is 0 Å². The summed E-state index contributed by atoms with van der Waals surface area (Å²) in [4.78, 5) is 44.1. The van der Waals surface area contributed by atoms with E-state index in [1.807, 2.05) is 19.6 Å². The van der Waals surface area contributed by atoms with Crippen LogP contribution in [-0.2, 0) is 33.8 Å². The van der Waals surface area contributed by atoms with Crippen molar-refractivity contribution < 1.29 is 27.6 Å². The maximum atomic E-state index is 14.8. The lowest BCUT2D eigenvalue weighted by atomic mass is 9.94. The Morgan fingerprint density at radius 3 is 2.51 bits per heavy atom. The monoisotopic (exact) mass is 530 g/mol. The van der Waals surface area contributed by atoms with Crippen molar-refractivity contribution in [3.8, 4) is 0 Å². The molecule has 0 bridgehead atoms. The second-order valence-electron chi connectivity index (χ2n) is 9.92. The number of benzene rings is 1. The number of amides is 2. The molecule has 2 amide bonds. The molecule has 0 radical (unpaired) electrons. The van der Waals surface area contributed by atoms with Crippen LogP contribution in [0.4, 0.5) is 14.5 Å². The van der Waals surface area contributed by atoms with Crippen LogP contribution in [0.3, 0.4) is 0 Å². The Morgan fingerprint density at radius 1 is 1.22 bits per heavy atom. The van der Waals surface area contributed by atoms with Crippen LogP contribution in [0.25, 0.3) is 0 Å². The number of aromatic nitrogens is 2. The van der Waals surface area contributed by atoms with Crippen LogP contribution in [0, 0.1) is 11.6 Å². The number of nitrogens with zero attached hydrogens (tertiary/aromatic N) is 2. The summed E-state index contributed by atoms with van der Waals surface area (Å²) >= 11 is 0. The van der Waals surface area contributed by atoms with E-state index < -0.39 is 43.1 Å². The van der Waals surface area contributed by atoms with Crippen molar-refractivity contribution in [3.05, 3.63) is 75.0 Å². The van der Waals surface area contributed by atoms with Crippen LogP contribution in [0.1, 0.15) is 28.8 Å². The molecule has 3 heterocycles. The minimum Gasteiger partial charge on any atom is -0.383 e. The molecule has 1 unspecified atom stereocenters. The summed E-state index contributed by atoms with van der Waals surface area (Å²) in [7, 11) is -0.762. The Labute approximate surface area is 212 Å². The van der Waals surface area contributed by atoms with E-state index in [0.29, 0.717) is 23.4 Å². The van der Waals surface area contributed by atoms with Crippen LogP contribution in [0.5, 0.6) is 0 Å². The van der Waals surface area contributed by atoms with Gasteiger partial charge < -0.3 is 19.5 Å². The number of pyridine rings is 1. The summed E-state index contributed by atoms with van der Waals surface area (Å²) in [6.07, 6.45) is 0.134. The minimum absolute atomic E-state index is 0.0492. The van der Waals surface area contributed by atoms with E-state index >= 15 is 0 Å². The van der Waals surface area contributed by atoms with Crippen molar-refractivity contribution in [2.75, 3.05) is 19.0 Å². The van der Waals surface area contributed by atoms with Gasteiger partial charge in [0.1, 0.15) is 23.4 Å².